The quantitative estimate of drug-likeness (QED) is 0.865. The Morgan fingerprint density at radius 2 is 2.08 bits per heavy atom. The number of pyridine rings is 1. The van der Waals surface area contributed by atoms with Crippen LogP contribution in [0.25, 0.3) is 0 Å². The number of aromatic nitrogens is 1. The SMILES string of the molecule is Cc1cccc(CNC(=O)C2CCCN2C(=O)c2cc(Cl)ccc2Cl)n1. The van der Waals surface area contributed by atoms with E-state index in [-0.39, 0.29) is 11.8 Å². The molecule has 136 valence electrons. The summed E-state index contributed by atoms with van der Waals surface area (Å²) in [5.41, 5.74) is 2.00. The number of aryl methyl sites for hydroxylation is 1. The third-order valence-corrected chi connectivity index (χ3v) is 4.93. The van der Waals surface area contributed by atoms with Crippen molar-refractivity contribution in [3.63, 3.8) is 0 Å². The van der Waals surface area contributed by atoms with Gasteiger partial charge in [0.15, 0.2) is 0 Å². The fourth-order valence-corrected chi connectivity index (χ4v) is 3.46. The molecule has 3 rings (SSSR count). The standard InChI is InChI=1S/C19H19Cl2N3O2/c1-12-4-2-5-14(23-12)11-22-18(25)17-6-3-9-24(17)19(26)15-10-13(20)7-8-16(15)21/h2,4-5,7-8,10,17H,3,6,9,11H2,1H3,(H,22,25). The van der Waals surface area contributed by atoms with Gasteiger partial charge in [0.05, 0.1) is 22.8 Å². The molecule has 1 aromatic carbocycles. The molecule has 1 saturated heterocycles. The van der Waals surface area contributed by atoms with Crippen LogP contribution in [-0.2, 0) is 11.3 Å². The Hall–Kier alpha value is -2.11. The Balaban J connectivity index is 1.70. The summed E-state index contributed by atoms with van der Waals surface area (Å²) in [5, 5.41) is 3.64. The van der Waals surface area contributed by atoms with E-state index in [1.165, 1.54) is 6.07 Å². The van der Waals surface area contributed by atoms with Gasteiger partial charge in [-0.2, -0.15) is 0 Å². The highest BCUT2D eigenvalue weighted by molar-refractivity contribution is 6.35. The number of benzene rings is 1. The fraction of sp³-hybridized carbons (Fsp3) is 0.316. The highest BCUT2D eigenvalue weighted by atomic mass is 35.5. The van der Waals surface area contributed by atoms with Gasteiger partial charge in [0.25, 0.3) is 5.91 Å². The van der Waals surface area contributed by atoms with Gasteiger partial charge in [-0.1, -0.05) is 29.3 Å². The van der Waals surface area contributed by atoms with Gasteiger partial charge in [0.2, 0.25) is 5.91 Å². The smallest absolute Gasteiger partial charge is 0.256 e. The van der Waals surface area contributed by atoms with Crippen LogP contribution in [0.5, 0.6) is 0 Å². The lowest BCUT2D eigenvalue weighted by atomic mass is 10.1. The molecular weight excluding hydrogens is 373 g/mol. The molecule has 0 bridgehead atoms. The van der Waals surface area contributed by atoms with Crippen LogP contribution >= 0.6 is 23.2 Å². The van der Waals surface area contributed by atoms with Crippen molar-refractivity contribution in [1.29, 1.82) is 0 Å². The summed E-state index contributed by atoms with van der Waals surface area (Å²) in [7, 11) is 0. The van der Waals surface area contributed by atoms with Gasteiger partial charge in [-0.3, -0.25) is 14.6 Å². The van der Waals surface area contributed by atoms with E-state index in [1.807, 2.05) is 25.1 Å². The normalized spacial score (nSPS) is 16.6. The molecule has 1 N–H and O–H groups in total. The number of nitrogens with one attached hydrogen (secondary N) is 1. The number of carbonyl (C=O) groups is 2. The Bertz CT molecular complexity index is 841. The van der Waals surface area contributed by atoms with Crippen molar-refractivity contribution in [3.05, 3.63) is 63.4 Å². The molecule has 2 heterocycles. The molecule has 0 spiro atoms. The van der Waals surface area contributed by atoms with E-state index in [2.05, 4.69) is 10.3 Å². The lowest BCUT2D eigenvalue weighted by Crippen LogP contribution is -2.45. The van der Waals surface area contributed by atoms with Crippen molar-refractivity contribution in [2.75, 3.05) is 6.54 Å². The van der Waals surface area contributed by atoms with Gasteiger partial charge in [-0.05, 0) is 50.1 Å². The first-order valence-corrected chi connectivity index (χ1v) is 9.17. The zero-order valence-corrected chi connectivity index (χ0v) is 15.8. The zero-order valence-electron chi connectivity index (χ0n) is 14.3. The number of amides is 2. The minimum atomic E-state index is -0.512. The molecule has 1 unspecified atom stereocenters. The molecule has 0 radical (unpaired) electrons. The summed E-state index contributed by atoms with van der Waals surface area (Å²) < 4.78 is 0. The van der Waals surface area contributed by atoms with Crippen LogP contribution in [-0.4, -0.2) is 34.3 Å². The van der Waals surface area contributed by atoms with Crippen LogP contribution in [0.4, 0.5) is 0 Å². The molecule has 0 saturated carbocycles. The summed E-state index contributed by atoms with van der Waals surface area (Å²) >= 11 is 12.1. The number of hydrogen-bond donors (Lipinski definition) is 1. The maximum absolute atomic E-state index is 12.8. The van der Waals surface area contributed by atoms with Crippen molar-refractivity contribution >= 4 is 35.0 Å². The number of rotatable bonds is 4. The van der Waals surface area contributed by atoms with Crippen molar-refractivity contribution < 1.29 is 9.59 Å². The van der Waals surface area contributed by atoms with E-state index in [4.69, 9.17) is 23.2 Å². The molecule has 26 heavy (non-hydrogen) atoms. The van der Waals surface area contributed by atoms with Gasteiger partial charge in [0.1, 0.15) is 6.04 Å². The summed E-state index contributed by atoms with van der Waals surface area (Å²) in [4.78, 5) is 31.4. The highest BCUT2D eigenvalue weighted by Gasteiger charge is 2.35. The second kappa shape index (κ2) is 8.06. The van der Waals surface area contributed by atoms with E-state index in [0.717, 1.165) is 17.8 Å². The third kappa shape index (κ3) is 4.17. The van der Waals surface area contributed by atoms with Crippen molar-refractivity contribution in [2.45, 2.75) is 32.4 Å². The van der Waals surface area contributed by atoms with Crippen LogP contribution in [0.15, 0.2) is 36.4 Å². The molecule has 5 nitrogen and oxygen atoms in total. The maximum atomic E-state index is 12.8. The molecule has 7 heteroatoms. The van der Waals surface area contributed by atoms with Crippen molar-refractivity contribution in [3.8, 4) is 0 Å². The number of hydrogen-bond acceptors (Lipinski definition) is 3. The van der Waals surface area contributed by atoms with E-state index >= 15 is 0 Å². The van der Waals surface area contributed by atoms with Crippen LogP contribution in [0.2, 0.25) is 10.0 Å². The Morgan fingerprint density at radius 1 is 1.27 bits per heavy atom. The van der Waals surface area contributed by atoms with Crippen LogP contribution in [0, 0.1) is 6.92 Å². The zero-order chi connectivity index (χ0) is 18.7. The molecule has 1 aliphatic heterocycles. The van der Waals surface area contributed by atoms with Crippen molar-refractivity contribution in [2.24, 2.45) is 0 Å². The van der Waals surface area contributed by atoms with Crippen LogP contribution in [0.1, 0.15) is 34.6 Å². The topological polar surface area (TPSA) is 62.3 Å². The van der Waals surface area contributed by atoms with E-state index in [0.29, 0.717) is 35.1 Å². The highest BCUT2D eigenvalue weighted by Crippen LogP contribution is 2.26. The van der Waals surface area contributed by atoms with Gasteiger partial charge in [-0.15, -0.1) is 0 Å². The lowest BCUT2D eigenvalue weighted by Gasteiger charge is -2.24. The second-order valence-corrected chi connectivity index (χ2v) is 7.11. The van der Waals surface area contributed by atoms with E-state index in [1.54, 1.807) is 17.0 Å². The molecule has 1 fully saturated rings. The van der Waals surface area contributed by atoms with E-state index in [9.17, 15) is 9.59 Å². The molecule has 1 atom stereocenters. The van der Waals surface area contributed by atoms with E-state index < -0.39 is 6.04 Å². The summed E-state index contributed by atoms with van der Waals surface area (Å²) in [6, 6.07) is 9.90. The number of likely N-dealkylation sites (tertiary alicyclic amines) is 1. The van der Waals surface area contributed by atoms with Crippen LogP contribution < -0.4 is 5.32 Å². The summed E-state index contributed by atoms with van der Waals surface area (Å²) in [6.45, 7) is 2.75. The minimum absolute atomic E-state index is 0.183. The maximum Gasteiger partial charge on any atom is 0.256 e. The third-order valence-electron chi connectivity index (χ3n) is 4.36. The molecule has 1 aromatic heterocycles. The molecule has 2 amide bonds. The number of nitrogens with zero attached hydrogens (tertiary/aromatic N) is 2. The Labute approximate surface area is 162 Å². The first-order valence-electron chi connectivity index (χ1n) is 8.42. The predicted molar refractivity (Wildman–Crippen MR) is 101 cm³/mol. The minimum Gasteiger partial charge on any atom is -0.349 e. The van der Waals surface area contributed by atoms with Crippen molar-refractivity contribution in [1.82, 2.24) is 15.2 Å². The molecular formula is C19H19Cl2N3O2. The molecule has 2 aromatic rings. The Morgan fingerprint density at radius 3 is 2.85 bits per heavy atom. The first-order chi connectivity index (χ1) is 12.5. The number of carbonyl (C=O) groups excluding carboxylic acids is 2. The average molecular weight is 392 g/mol. The Kier molecular flexibility index (Phi) is 5.79. The predicted octanol–water partition coefficient (Wildman–Crippen LogP) is 3.62. The lowest BCUT2D eigenvalue weighted by molar-refractivity contribution is -0.125. The monoisotopic (exact) mass is 391 g/mol. The molecule has 0 aliphatic carbocycles. The van der Waals surface area contributed by atoms with Gasteiger partial charge >= 0.3 is 0 Å². The second-order valence-electron chi connectivity index (χ2n) is 6.27. The summed E-state index contributed by atoms with van der Waals surface area (Å²) in [5.74, 6) is -0.457. The fourth-order valence-electron chi connectivity index (χ4n) is 3.09. The first kappa shape index (κ1) is 18.7. The number of halogens is 2. The average Bonchev–Trinajstić information content (AvgIpc) is 3.11. The van der Waals surface area contributed by atoms with Crippen LogP contribution in [0.3, 0.4) is 0 Å². The van der Waals surface area contributed by atoms with Gasteiger partial charge in [-0.25, -0.2) is 0 Å². The largest absolute Gasteiger partial charge is 0.349 e. The van der Waals surface area contributed by atoms with Gasteiger partial charge in [0, 0.05) is 17.3 Å². The molecule has 1 aliphatic rings. The van der Waals surface area contributed by atoms with Gasteiger partial charge < -0.3 is 10.2 Å². The summed E-state index contributed by atoms with van der Waals surface area (Å²) in [6.07, 6.45) is 1.39.